The first kappa shape index (κ1) is 11.9. The zero-order chi connectivity index (χ0) is 12.5. The lowest BCUT2D eigenvalue weighted by atomic mass is 10.1. The van der Waals surface area contributed by atoms with E-state index in [2.05, 4.69) is 23.0 Å². The van der Waals surface area contributed by atoms with E-state index >= 15 is 0 Å². The second kappa shape index (κ2) is 4.86. The maximum atomic E-state index is 6.09. The number of fused-ring (bicyclic) bond motifs is 1. The lowest BCUT2D eigenvalue weighted by molar-refractivity contribution is 0.535. The van der Waals surface area contributed by atoms with E-state index in [0.29, 0.717) is 17.2 Å². The lowest BCUT2D eigenvalue weighted by Crippen LogP contribution is -2.26. The molecule has 4 heteroatoms. The van der Waals surface area contributed by atoms with Gasteiger partial charge in [0.2, 0.25) is 0 Å². The molecule has 3 rings (SSSR count). The van der Waals surface area contributed by atoms with Crippen LogP contribution >= 0.6 is 11.8 Å². The monoisotopic (exact) mass is 259 g/mol. The standard InChI is InChI=1S/C14H17N3S/c1-9-11(15)6-7-13(9)18-14-10-4-2-3-5-12(10)16-8-17-14/h2-5,8-9,11,13H,6-7,15H2,1H3. The van der Waals surface area contributed by atoms with Gasteiger partial charge in [-0.2, -0.15) is 0 Å². The third-order valence-corrected chi connectivity index (χ3v) is 5.33. The zero-order valence-electron chi connectivity index (χ0n) is 10.4. The number of para-hydroxylation sites is 1. The Kier molecular flexibility index (Phi) is 3.22. The van der Waals surface area contributed by atoms with Crippen molar-refractivity contribution >= 4 is 22.7 Å². The van der Waals surface area contributed by atoms with Crippen LogP contribution in [0.1, 0.15) is 19.8 Å². The molecule has 2 aromatic rings. The minimum atomic E-state index is 0.343. The fourth-order valence-electron chi connectivity index (χ4n) is 2.54. The van der Waals surface area contributed by atoms with Crippen molar-refractivity contribution in [1.29, 1.82) is 0 Å². The van der Waals surface area contributed by atoms with Gasteiger partial charge in [-0.3, -0.25) is 0 Å². The molecule has 1 aliphatic carbocycles. The first-order valence-corrected chi connectivity index (χ1v) is 7.25. The first-order valence-electron chi connectivity index (χ1n) is 6.37. The molecule has 1 aromatic carbocycles. The highest BCUT2D eigenvalue weighted by Gasteiger charge is 2.31. The smallest absolute Gasteiger partial charge is 0.117 e. The van der Waals surface area contributed by atoms with Gasteiger partial charge in [0.25, 0.3) is 0 Å². The molecule has 3 unspecified atom stereocenters. The molecule has 0 amide bonds. The molecule has 3 atom stereocenters. The summed E-state index contributed by atoms with van der Waals surface area (Å²) in [4.78, 5) is 8.74. The summed E-state index contributed by atoms with van der Waals surface area (Å²) in [6.07, 6.45) is 3.97. The van der Waals surface area contributed by atoms with Crippen molar-refractivity contribution in [3.8, 4) is 0 Å². The summed E-state index contributed by atoms with van der Waals surface area (Å²) in [6, 6.07) is 8.52. The first-order chi connectivity index (χ1) is 8.75. The topological polar surface area (TPSA) is 51.8 Å². The molecule has 3 nitrogen and oxygen atoms in total. The molecule has 2 N–H and O–H groups in total. The molecule has 1 heterocycles. The zero-order valence-corrected chi connectivity index (χ0v) is 11.2. The lowest BCUT2D eigenvalue weighted by Gasteiger charge is -2.17. The molecule has 94 valence electrons. The van der Waals surface area contributed by atoms with E-state index in [4.69, 9.17) is 5.73 Å². The predicted octanol–water partition coefficient (Wildman–Crippen LogP) is 2.85. The van der Waals surface area contributed by atoms with Gasteiger partial charge in [-0.15, -0.1) is 11.8 Å². The summed E-state index contributed by atoms with van der Waals surface area (Å²) in [5, 5.41) is 2.82. The van der Waals surface area contributed by atoms with Crippen molar-refractivity contribution in [1.82, 2.24) is 9.97 Å². The third kappa shape index (κ3) is 2.10. The summed E-state index contributed by atoms with van der Waals surface area (Å²) >= 11 is 1.86. The van der Waals surface area contributed by atoms with Crippen LogP contribution in [0.2, 0.25) is 0 Å². The second-order valence-electron chi connectivity index (χ2n) is 4.95. The van der Waals surface area contributed by atoms with Crippen LogP contribution in [0.15, 0.2) is 35.6 Å². The van der Waals surface area contributed by atoms with Crippen LogP contribution in [0, 0.1) is 5.92 Å². The molecular formula is C14H17N3S. The minimum Gasteiger partial charge on any atom is -0.327 e. The predicted molar refractivity (Wildman–Crippen MR) is 75.6 cm³/mol. The number of hydrogen-bond acceptors (Lipinski definition) is 4. The van der Waals surface area contributed by atoms with Gasteiger partial charge in [0.05, 0.1) is 5.52 Å². The second-order valence-corrected chi connectivity index (χ2v) is 6.18. The Bertz CT molecular complexity index is 552. The fourth-order valence-corrected chi connectivity index (χ4v) is 3.91. The van der Waals surface area contributed by atoms with Crippen molar-refractivity contribution < 1.29 is 0 Å². The van der Waals surface area contributed by atoms with Crippen LogP contribution in [-0.2, 0) is 0 Å². The van der Waals surface area contributed by atoms with Gasteiger partial charge in [-0.05, 0) is 24.8 Å². The molecule has 0 radical (unpaired) electrons. The van der Waals surface area contributed by atoms with E-state index < -0.39 is 0 Å². The van der Waals surface area contributed by atoms with E-state index in [1.54, 1.807) is 6.33 Å². The van der Waals surface area contributed by atoms with Crippen LogP contribution in [0.5, 0.6) is 0 Å². The molecule has 0 saturated heterocycles. The van der Waals surface area contributed by atoms with E-state index in [0.717, 1.165) is 22.3 Å². The largest absolute Gasteiger partial charge is 0.327 e. The van der Waals surface area contributed by atoms with Crippen LogP contribution in [0.3, 0.4) is 0 Å². The number of nitrogens with two attached hydrogens (primary N) is 1. The number of rotatable bonds is 2. The SMILES string of the molecule is CC1C(N)CCC1Sc1ncnc2ccccc12. The summed E-state index contributed by atoms with van der Waals surface area (Å²) in [7, 11) is 0. The average molecular weight is 259 g/mol. The molecule has 0 spiro atoms. The van der Waals surface area contributed by atoms with Gasteiger partial charge >= 0.3 is 0 Å². The number of hydrogen-bond donors (Lipinski definition) is 1. The van der Waals surface area contributed by atoms with Crippen LogP contribution < -0.4 is 5.73 Å². The molecule has 0 aliphatic heterocycles. The maximum absolute atomic E-state index is 6.09. The summed E-state index contributed by atoms with van der Waals surface area (Å²) < 4.78 is 0. The molecule has 1 aromatic heterocycles. The Morgan fingerprint density at radius 3 is 2.83 bits per heavy atom. The number of nitrogens with zero attached hydrogens (tertiary/aromatic N) is 2. The summed E-state index contributed by atoms with van der Waals surface area (Å²) in [5.74, 6) is 0.559. The Balaban J connectivity index is 1.91. The van der Waals surface area contributed by atoms with Crippen LogP contribution in [-0.4, -0.2) is 21.3 Å². The summed E-state index contributed by atoms with van der Waals surface area (Å²) in [5.41, 5.74) is 7.11. The van der Waals surface area contributed by atoms with Crippen molar-refractivity contribution in [3.63, 3.8) is 0 Å². The molecule has 18 heavy (non-hydrogen) atoms. The number of thioether (sulfide) groups is 1. The number of aromatic nitrogens is 2. The van der Waals surface area contributed by atoms with Crippen LogP contribution in [0.4, 0.5) is 0 Å². The van der Waals surface area contributed by atoms with Gasteiger partial charge in [0.1, 0.15) is 11.4 Å². The summed E-state index contributed by atoms with van der Waals surface area (Å²) in [6.45, 7) is 2.25. The Morgan fingerprint density at radius 1 is 1.22 bits per heavy atom. The Labute approximate surface area is 111 Å². The normalized spacial score (nSPS) is 27.8. The van der Waals surface area contributed by atoms with E-state index in [-0.39, 0.29) is 0 Å². The van der Waals surface area contributed by atoms with Gasteiger partial charge in [-0.25, -0.2) is 9.97 Å². The minimum absolute atomic E-state index is 0.343. The average Bonchev–Trinajstić information content (AvgIpc) is 2.71. The third-order valence-electron chi connectivity index (χ3n) is 3.82. The van der Waals surface area contributed by atoms with E-state index in [1.165, 1.54) is 6.42 Å². The van der Waals surface area contributed by atoms with E-state index in [1.807, 2.05) is 30.0 Å². The molecule has 1 aliphatic rings. The molecular weight excluding hydrogens is 242 g/mol. The van der Waals surface area contributed by atoms with Crippen LogP contribution in [0.25, 0.3) is 10.9 Å². The molecule has 1 saturated carbocycles. The Hall–Kier alpha value is -1.13. The number of benzene rings is 1. The van der Waals surface area contributed by atoms with Crippen molar-refractivity contribution in [2.45, 2.75) is 36.1 Å². The highest BCUT2D eigenvalue weighted by molar-refractivity contribution is 8.00. The molecule has 1 fully saturated rings. The molecule has 0 bridgehead atoms. The van der Waals surface area contributed by atoms with Gasteiger partial charge in [0.15, 0.2) is 0 Å². The fraction of sp³-hybridized carbons (Fsp3) is 0.429. The highest BCUT2D eigenvalue weighted by atomic mass is 32.2. The Morgan fingerprint density at radius 2 is 2.06 bits per heavy atom. The maximum Gasteiger partial charge on any atom is 0.117 e. The van der Waals surface area contributed by atoms with Gasteiger partial charge in [-0.1, -0.05) is 25.1 Å². The quantitative estimate of drug-likeness (QED) is 0.843. The van der Waals surface area contributed by atoms with Crippen molar-refractivity contribution in [2.75, 3.05) is 0 Å². The van der Waals surface area contributed by atoms with Crippen molar-refractivity contribution in [2.24, 2.45) is 11.7 Å². The van der Waals surface area contributed by atoms with Gasteiger partial charge in [0, 0.05) is 16.7 Å². The van der Waals surface area contributed by atoms with Gasteiger partial charge < -0.3 is 5.73 Å². The highest BCUT2D eigenvalue weighted by Crippen LogP contribution is 2.39. The van der Waals surface area contributed by atoms with Crippen molar-refractivity contribution in [3.05, 3.63) is 30.6 Å². The van der Waals surface area contributed by atoms with E-state index in [9.17, 15) is 0 Å².